The summed E-state index contributed by atoms with van der Waals surface area (Å²) < 4.78 is 6.18. The number of nitrogens with zero attached hydrogens (tertiary/aromatic N) is 4. The molecule has 2 aromatic carbocycles. The van der Waals surface area contributed by atoms with Crippen LogP contribution in [0.4, 0.5) is 11.4 Å². The van der Waals surface area contributed by atoms with Crippen LogP contribution >= 0.6 is 39.7 Å². The number of benzene rings is 2. The summed E-state index contributed by atoms with van der Waals surface area (Å²) in [5, 5.41) is 3.66. The van der Waals surface area contributed by atoms with Crippen molar-refractivity contribution in [1.29, 1.82) is 0 Å². The van der Waals surface area contributed by atoms with Crippen LogP contribution in [-0.2, 0) is 9.59 Å². The number of carbonyl (C=O) groups excluding carboxylic acids is 2. The first kappa shape index (κ1) is 28.8. The van der Waals surface area contributed by atoms with E-state index in [1.165, 1.54) is 12.0 Å². The number of amides is 2. The zero-order valence-corrected chi connectivity index (χ0v) is 24.8. The number of rotatable bonds is 10. The Morgan fingerprint density at radius 3 is 2.42 bits per heavy atom. The third kappa shape index (κ3) is 6.84. The number of halogens is 2. The number of nitrogens with one attached hydrogen (secondary N) is 1. The molecule has 38 heavy (non-hydrogen) atoms. The Kier molecular flexibility index (Phi) is 10.00. The molecule has 2 heterocycles. The van der Waals surface area contributed by atoms with E-state index in [-0.39, 0.29) is 18.2 Å². The highest BCUT2D eigenvalue weighted by Crippen LogP contribution is 2.33. The van der Waals surface area contributed by atoms with E-state index in [0.717, 1.165) is 50.2 Å². The molecule has 2 amide bonds. The minimum absolute atomic E-state index is 0.00933. The van der Waals surface area contributed by atoms with E-state index in [2.05, 4.69) is 38.0 Å². The van der Waals surface area contributed by atoms with Crippen molar-refractivity contribution in [2.24, 2.45) is 0 Å². The number of piperazine rings is 1. The highest BCUT2D eigenvalue weighted by atomic mass is 79.9. The van der Waals surface area contributed by atoms with Crippen LogP contribution in [0.15, 0.2) is 46.9 Å². The number of thiocarbonyl (C=S) groups is 1. The van der Waals surface area contributed by atoms with Gasteiger partial charge in [-0.3, -0.25) is 14.5 Å². The van der Waals surface area contributed by atoms with Gasteiger partial charge in [-0.25, -0.2) is 0 Å². The number of carbonyl (C=O) groups is 2. The average Bonchev–Trinajstić information content (AvgIpc) is 3.14. The van der Waals surface area contributed by atoms with Crippen LogP contribution in [0.2, 0.25) is 5.02 Å². The molecule has 204 valence electrons. The lowest BCUT2D eigenvalue weighted by molar-refractivity contribution is -0.124. The number of hydrogen-bond acceptors (Lipinski definition) is 6. The fourth-order valence-corrected chi connectivity index (χ4v) is 5.76. The van der Waals surface area contributed by atoms with Gasteiger partial charge in [-0.15, -0.1) is 0 Å². The van der Waals surface area contributed by atoms with Gasteiger partial charge in [-0.1, -0.05) is 34.5 Å². The van der Waals surface area contributed by atoms with Crippen LogP contribution in [0.25, 0.3) is 0 Å². The van der Waals surface area contributed by atoms with Gasteiger partial charge in [0, 0.05) is 42.9 Å². The largest absolute Gasteiger partial charge is 0.495 e. The van der Waals surface area contributed by atoms with Gasteiger partial charge >= 0.3 is 0 Å². The van der Waals surface area contributed by atoms with Gasteiger partial charge in [0.1, 0.15) is 11.8 Å². The van der Waals surface area contributed by atoms with E-state index < -0.39 is 6.04 Å². The molecule has 2 aliphatic rings. The van der Waals surface area contributed by atoms with Crippen LogP contribution in [-0.4, -0.2) is 90.6 Å². The zero-order chi connectivity index (χ0) is 27.2. The van der Waals surface area contributed by atoms with E-state index in [9.17, 15) is 9.59 Å². The highest BCUT2D eigenvalue weighted by molar-refractivity contribution is 9.10. The highest BCUT2D eigenvalue weighted by Gasteiger charge is 2.44. The fourth-order valence-electron chi connectivity index (χ4n) is 4.83. The standard InChI is InChI=1S/C27H33BrClN5O3S/c1-3-31-13-15-32(16-14-31)11-4-12-33-23(18-25(35)30-20-7-5-19(28)6-8-20)26(36)34(27(33)38)21-9-10-24(37-2)22(29)17-21/h5-10,17,23H,3-4,11-16,18H2,1-2H3,(H,30,35). The lowest BCUT2D eigenvalue weighted by Gasteiger charge is -2.34. The number of anilines is 2. The quantitative estimate of drug-likeness (QED) is 0.392. The second kappa shape index (κ2) is 13.2. The Balaban J connectivity index is 1.48. The van der Waals surface area contributed by atoms with Crippen LogP contribution in [0, 0.1) is 0 Å². The molecule has 8 nitrogen and oxygen atoms in total. The molecule has 1 unspecified atom stereocenters. The monoisotopic (exact) mass is 621 g/mol. The van der Waals surface area contributed by atoms with Crippen LogP contribution in [0.1, 0.15) is 19.8 Å². The van der Waals surface area contributed by atoms with Crippen LogP contribution in [0.3, 0.4) is 0 Å². The minimum atomic E-state index is -0.698. The Morgan fingerprint density at radius 2 is 1.79 bits per heavy atom. The lowest BCUT2D eigenvalue weighted by atomic mass is 10.1. The summed E-state index contributed by atoms with van der Waals surface area (Å²) in [7, 11) is 1.54. The molecule has 0 bridgehead atoms. The molecule has 1 N–H and O–H groups in total. The zero-order valence-electron chi connectivity index (χ0n) is 21.7. The SMILES string of the molecule is CCN1CCN(CCCN2C(=S)N(c3ccc(OC)c(Cl)c3)C(=O)C2CC(=O)Nc2ccc(Br)cc2)CC1. The Hall–Kier alpha value is -2.24. The third-order valence-corrected chi connectivity index (χ3v) is 8.25. The molecule has 2 aliphatic heterocycles. The molecule has 0 aliphatic carbocycles. The molecule has 2 saturated heterocycles. The number of hydrogen-bond donors (Lipinski definition) is 1. The summed E-state index contributed by atoms with van der Waals surface area (Å²) >= 11 is 15.6. The number of ether oxygens (including phenoxy) is 1. The Labute approximate surface area is 243 Å². The molecule has 11 heteroatoms. The molecule has 0 saturated carbocycles. The first-order chi connectivity index (χ1) is 18.3. The van der Waals surface area contributed by atoms with Crippen molar-refractivity contribution in [2.75, 3.05) is 63.1 Å². The first-order valence-corrected chi connectivity index (χ1v) is 14.4. The summed E-state index contributed by atoms with van der Waals surface area (Å²) in [5.74, 6) is 0.0287. The molecule has 2 fully saturated rings. The van der Waals surface area contributed by atoms with Gasteiger partial charge < -0.3 is 24.8 Å². The molecule has 1 atom stereocenters. The average molecular weight is 623 g/mol. The van der Waals surface area contributed by atoms with E-state index in [0.29, 0.717) is 33.8 Å². The molecule has 0 spiro atoms. The van der Waals surface area contributed by atoms with Crippen molar-refractivity contribution >= 4 is 68.1 Å². The van der Waals surface area contributed by atoms with Gasteiger partial charge in [0.15, 0.2) is 5.11 Å². The predicted molar refractivity (Wildman–Crippen MR) is 159 cm³/mol. The van der Waals surface area contributed by atoms with Crippen molar-refractivity contribution in [3.8, 4) is 5.75 Å². The van der Waals surface area contributed by atoms with Crippen molar-refractivity contribution < 1.29 is 14.3 Å². The topological polar surface area (TPSA) is 68.4 Å². The van der Waals surface area contributed by atoms with Gasteiger partial charge in [-0.2, -0.15) is 0 Å². The minimum Gasteiger partial charge on any atom is -0.495 e. The molecule has 0 aromatic heterocycles. The van der Waals surface area contributed by atoms with Gasteiger partial charge in [0.25, 0.3) is 5.91 Å². The van der Waals surface area contributed by atoms with E-state index in [4.69, 9.17) is 28.6 Å². The first-order valence-electron chi connectivity index (χ1n) is 12.8. The number of likely N-dealkylation sites (N-methyl/N-ethyl adjacent to an activating group) is 1. The Morgan fingerprint density at radius 1 is 1.11 bits per heavy atom. The van der Waals surface area contributed by atoms with Crippen LogP contribution < -0.4 is 15.0 Å². The van der Waals surface area contributed by atoms with E-state index in [1.54, 1.807) is 18.2 Å². The summed E-state index contributed by atoms with van der Waals surface area (Å²) in [6.45, 7) is 8.97. The predicted octanol–water partition coefficient (Wildman–Crippen LogP) is 4.47. The normalized spacial score (nSPS) is 18.8. The molecular weight excluding hydrogens is 590 g/mol. The van der Waals surface area contributed by atoms with Gasteiger partial charge in [0.05, 0.1) is 24.2 Å². The molecule has 4 rings (SSSR count). The van der Waals surface area contributed by atoms with Crippen molar-refractivity contribution in [3.63, 3.8) is 0 Å². The maximum absolute atomic E-state index is 13.7. The van der Waals surface area contributed by atoms with Gasteiger partial charge in [0.2, 0.25) is 5.91 Å². The second-order valence-electron chi connectivity index (χ2n) is 9.37. The maximum Gasteiger partial charge on any atom is 0.256 e. The van der Waals surface area contributed by atoms with E-state index >= 15 is 0 Å². The van der Waals surface area contributed by atoms with Crippen molar-refractivity contribution in [3.05, 3.63) is 52.0 Å². The molecule has 2 aromatic rings. The summed E-state index contributed by atoms with van der Waals surface area (Å²) in [5.41, 5.74) is 1.23. The summed E-state index contributed by atoms with van der Waals surface area (Å²) in [4.78, 5) is 34.9. The lowest BCUT2D eigenvalue weighted by Crippen LogP contribution is -2.47. The second-order valence-corrected chi connectivity index (χ2v) is 11.1. The fraction of sp³-hybridized carbons (Fsp3) is 0.444. The van der Waals surface area contributed by atoms with Crippen molar-refractivity contribution in [2.45, 2.75) is 25.8 Å². The van der Waals surface area contributed by atoms with Crippen molar-refractivity contribution in [1.82, 2.24) is 14.7 Å². The molecule has 0 radical (unpaired) electrons. The smallest absolute Gasteiger partial charge is 0.256 e. The van der Waals surface area contributed by atoms with Gasteiger partial charge in [-0.05, 0) is 74.2 Å². The summed E-state index contributed by atoms with van der Waals surface area (Å²) in [6, 6.07) is 11.8. The summed E-state index contributed by atoms with van der Waals surface area (Å²) in [6.07, 6.45) is 0.826. The maximum atomic E-state index is 13.7. The van der Waals surface area contributed by atoms with E-state index in [1.807, 2.05) is 29.2 Å². The third-order valence-electron chi connectivity index (χ3n) is 7.00. The number of methoxy groups -OCH3 is 1. The molecular formula is C27H33BrClN5O3S. The Bertz CT molecular complexity index is 1160. The van der Waals surface area contributed by atoms with Crippen LogP contribution in [0.5, 0.6) is 5.75 Å².